The molecule has 0 saturated heterocycles. The topological polar surface area (TPSA) is 54.9 Å². The normalized spacial score (nSPS) is 14.1. The maximum atomic E-state index is 12.3. The van der Waals surface area contributed by atoms with E-state index in [1.54, 1.807) is 6.07 Å². The van der Waals surface area contributed by atoms with Crippen molar-refractivity contribution in [2.45, 2.75) is 32.6 Å². The third-order valence-corrected chi connectivity index (χ3v) is 3.77. The summed E-state index contributed by atoms with van der Waals surface area (Å²) in [6.45, 7) is 4.03. The summed E-state index contributed by atoms with van der Waals surface area (Å²) in [5.41, 5.74) is 4.48. The Kier molecular flexibility index (Phi) is 3.22. The van der Waals surface area contributed by atoms with Gasteiger partial charge in [-0.05, 0) is 49.9 Å². The molecule has 0 spiro atoms. The van der Waals surface area contributed by atoms with Crippen molar-refractivity contribution in [2.24, 2.45) is 0 Å². The molecular weight excluding hydrogens is 250 g/mol. The van der Waals surface area contributed by atoms with Gasteiger partial charge in [0.25, 0.3) is 5.91 Å². The fraction of sp³-hybridized carbons (Fsp3) is 0.312. The molecule has 20 heavy (non-hydrogen) atoms. The van der Waals surface area contributed by atoms with E-state index in [0.29, 0.717) is 11.6 Å². The summed E-state index contributed by atoms with van der Waals surface area (Å²) >= 11 is 0. The molecular formula is C16H17N3O. The Morgan fingerprint density at radius 1 is 1.25 bits per heavy atom. The minimum Gasteiger partial charge on any atom is -0.320 e. The molecule has 2 aromatic rings. The Morgan fingerprint density at radius 2 is 2.05 bits per heavy atom. The quantitative estimate of drug-likeness (QED) is 0.929. The molecule has 4 heteroatoms. The lowest BCUT2D eigenvalue weighted by atomic mass is 10.1. The van der Waals surface area contributed by atoms with Crippen molar-refractivity contribution in [1.82, 2.24) is 9.97 Å². The summed E-state index contributed by atoms with van der Waals surface area (Å²) < 4.78 is 0. The van der Waals surface area contributed by atoms with E-state index in [2.05, 4.69) is 15.3 Å². The molecule has 1 fully saturated rings. The Labute approximate surface area is 118 Å². The summed E-state index contributed by atoms with van der Waals surface area (Å²) in [5.74, 6) is 0.341. The Bertz CT molecular complexity index is 663. The number of carbonyl (C=O) groups excluding carboxylic acids is 1. The number of nitrogens with one attached hydrogen (secondary N) is 1. The summed E-state index contributed by atoms with van der Waals surface area (Å²) in [5, 5.41) is 2.92. The highest BCUT2D eigenvalue weighted by Crippen LogP contribution is 2.38. The van der Waals surface area contributed by atoms with Crippen LogP contribution in [0.4, 0.5) is 5.69 Å². The number of rotatable bonds is 3. The van der Waals surface area contributed by atoms with Crippen LogP contribution < -0.4 is 5.32 Å². The molecule has 1 aromatic carbocycles. The summed E-state index contributed by atoms with van der Waals surface area (Å²) in [6.07, 6.45) is 3.80. The van der Waals surface area contributed by atoms with Gasteiger partial charge in [-0.25, -0.2) is 9.97 Å². The average molecular weight is 267 g/mol. The summed E-state index contributed by atoms with van der Waals surface area (Å²) in [7, 11) is 0. The third kappa shape index (κ3) is 2.54. The molecule has 1 aromatic heterocycles. The number of benzene rings is 1. The average Bonchev–Trinajstić information content (AvgIpc) is 3.28. The lowest BCUT2D eigenvalue weighted by molar-refractivity contribution is 0.102. The second-order valence-electron chi connectivity index (χ2n) is 5.30. The predicted octanol–water partition coefficient (Wildman–Crippen LogP) is 3.22. The van der Waals surface area contributed by atoms with Crippen molar-refractivity contribution < 1.29 is 4.79 Å². The number of hydrogen-bond acceptors (Lipinski definition) is 3. The van der Waals surface area contributed by atoms with E-state index in [4.69, 9.17) is 0 Å². The summed E-state index contributed by atoms with van der Waals surface area (Å²) in [4.78, 5) is 20.6. The van der Waals surface area contributed by atoms with E-state index in [9.17, 15) is 4.79 Å². The van der Waals surface area contributed by atoms with Crippen LogP contribution in [-0.2, 0) is 0 Å². The van der Waals surface area contributed by atoms with Gasteiger partial charge in [0.15, 0.2) is 0 Å². The predicted molar refractivity (Wildman–Crippen MR) is 77.9 cm³/mol. The highest BCUT2D eigenvalue weighted by molar-refractivity contribution is 6.03. The minimum absolute atomic E-state index is 0.178. The largest absolute Gasteiger partial charge is 0.320 e. The zero-order valence-electron chi connectivity index (χ0n) is 11.7. The van der Waals surface area contributed by atoms with Crippen molar-refractivity contribution in [2.75, 3.05) is 5.32 Å². The third-order valence-electron chi connectivity index (χ3n) is 3.77. The first-order valence-corrected chi connectivity index (χ1v) is 6.84. The first kappa shape index (κ1) is 12.8. The molecule has 1 N–H and O–H groups in total. The van der Waals surface area contributed by atoms with Crippen LogP contribution in [0.15, 0.2) is 30.6 Å². The fourth-order valence-electron chi connectivity index (χ4n) is 2.17. The Hall–Kier alpha value is -2.23. The lowest BCUT2D eigenvalue weighted by Crippen LogP contribution is -2.15. The molecule has 102 valence electrons. The van der Waals surface area contributed by atoms with Gasteiger partial charge in [0, 0.05) is 17.3 Å². The minimum atomic E-state index is -0.178. The molecule has 1 aliphatic rings. The molecule has 0 radical (unpaired) electrons. The second-order valence-corrected chi connectivity index (χ2v) is 5.30. The van der Waals surface area contributed by atoms with Crippen molar-refractivity contribution >= 4 is 11.6 Å². The number of aryl methyl sites for hydroxylation is 1. The van der Waals surface area contributed by atoms with Gasteiger partial charge in [0.1, 0.15) is 12.0 Å². The summed E-state index contributed by atoms with van der Waals surface area (Å²) in [6, 6.07) is 7.68. The molecule has 4 nitrogen and oxygen atoms in total. The van der Waals surface area contributed by atoms with Crippen LogP contribution in [0.5, 0.6) is 0 Å². The van der Waals surface area contributed by atoms with Crippen LogP contribution >= 0.6 is 0 Å². The van der Waals surface area contributed by atoms with Gasteiger partial charge >= 0.3 is 0 Å². The van der Waals surface area contributed by atoms with Crippen molar-refractivity contribution in [3.63, 3.8) is 0 Å². The van der Waals surface area contributed by atoms with Crippen molar-refractivity contribution in [3.8, 4) is 0 Å². The van der Waals surface area contributed by atoms with E-state index in [0.717, 1.165) is 35.3 Å². The highest BCUT2D eigenvalue weighted by Gasteiger charge is 2.26. The Balaban J connectivity index is 1.82. The van der Waals surface area contributed by atoms with Gasteiger partial charge in [0.2, 0.25) is 0 Å². The smallest absolute Gasteiger partial charge is 0.274 e. The van der Waals surface area contributed by atoms with E-state index in [-0.39, 0.29) is 5.91 Å². The van der Waals surface area contributed by atoms with Crippen LogP contribution in [0.3, 0.4) is 0 Å². The van der Waals surface area contributed by atoms with Gasteiger partial charge in [-0.2, -0.15) is 0 Å². The van der Waals surface area contributed by atoms with Crippen molar-refractivity contribution in [3.05, 3.63) is 53.1 Å². The first-order valence-electron chi connectivity index (χ1n) is 6.84. The van der Waals surface area contributed by atoms with Gasteiger partial charge < -0.3 is 5.32 Å². The number of amides is 1. The van der Waals surface area contributed by atoms with Gasteiger partial charge in [0.05, 0.1) is 0 Å². The zero-order chi connectivity index (χ0) is 14.1. The number of hydrogen-bond donors (Lipinski definition) is 1. The highest BCUT2D eigenvalue weighted by atomic mass is 16.1. The molecule has 1 amide bonds. The molecule has 3 rings (SSSR count). The number of anilines is 1. The number of aromatic nitrogens is 2. The number of nitrogens with zero attached hydrogens (tertiary/aromatic N) is 2. The maximum absolute atomic E-state index is 12.3. The zero-order valence-corrected chi connectivity index (χ0v) is 11.7. The van der Waals surface area contributed by atoms with Crippen LogP contribution in [-0.4, -0.2) is 15.9 Å². The molecule has 0 bridgehead atoms. The van der Waals surface area contributed by atoms with E-state index >= 15 is 0 Å². The monoisotopic (exact) mass is 267 g/mol. The second kappa shape index (κ2) is 5.04. The molecule has 1 saturated carbocycles. The fourth-order valence-corrected chi connectivity index (χ4v) is 2.17. The van der Waals surface area contributed by atoms with E-state index in [1.807, 2.05) is 32.0 Å². The lowest BCUT2D eigenvalue weighted by Gasteiger charge is -2.10. The van der Waals surface area contributed by atoms with Crippen LogP contribution in [0.1, 0.15) is 46.1 Å². The van der Waals surface area contributed by atoms with Gasteiger partial charge in [-0.3, -0.25) is 4.79 Å². The van der Waals surface area contributed by atoms with E-state index in [1.165, 1.54) is 6.33 Å². The maximum Gasteiger partial charge on any atom is 0.274 e. The molecule has 1 aliphatic carbocycles. The van der Waals surface area contributed by atoms with Gasteiger partial charge in [-0.15, -0.1) is 0 Å². The SMILES string of the molecule is Cc1cccc(NC(=O)c2cc(C3CC3)ncn2)c1C. The first-order chi connectivity index (χ1) is 9.65. The molecule has 0 unspecified atom stereocenters. The van der Waals surface area contributed by atoms with E-state index < -0.39 is 0 Å². The molecule has 0 aliphatic heterocycles. The standard InChI is InChI=1S/C16H17N3O/c1-10-4-3-5-13(11(10)2)19-16(20)15-8-14(12-6-7-12)17-9-18-15/h3-5,8-9,12H,6-7H2,1-2H3,(H,19,20). The number of carbonyl (C=O) groups is 1. The van der Waals surface area contributed by atoms with Gasteiger partial charge in [-0.1, -0.05) is 12.1 Å². The van der Waals surface area contributed by atoms with Crippen molar-refractivity contribution in [1.29, 1.82) is 0 Å². The molecule has 0 atom stereocenters. The molecule has 1 heterocycles. The Morgan fingerprint density at radius 3 is 2.80 bits per heavy atom. The van der Waals surface area contributed by atoms with Crippen LogP contribution in [0, 0.1) is 13.8 Å². The van der Waals surface area contributed by atoms with Crippen LogP contribution in [0.25, 0.3) is 0 Å². The van der Waals surface area contributed by atoms with Crippen LogP contribution in [0.2, 0.25) is 0 Å².